The van der Waals surface area contributed by atoms with Gasteiger partial charge in [-0.3, -0.25) is 9.59 Å². The monoisotopic (exact) mass is 375 g/mol. The third-order valence-electron chi connectivity index (χ3n) is 5.04. The lowest BCUT2D eigenvalue weighted by molar-refractivity contribution is -0.122. The Morgan fingerprint density at radius 3 is 2.71 bits per heavy atom. The zero-order valence-electron chi connectivity index (χ0n) is 15.5. The van der Waals surface area contributed by atoms with E-state index in [4.69, 9.17) is 5.84 Å². The summed E-state index contributed by atoms with van der Waals surface area (Å²) in [6.45, 7) is 1.99. The normalized spacial score (nSPS) is 17.8. The molecule has 1 heterocycles. The van der Waals surface area contributed by atoms with Gasteiger partial charge in [-0.2, -0.15) is 0 Å². The number of carbonyl (C=O) groups excluding carboxylic acids is 2. The molecule has 1 fully saturated rings. The summed E-state index contributed by atoms with van der Waals surface area (Å²) in [7, 11) is 0. The molecule has 7 heteroatoms. The molecule has 0 bridgehead atoms. The minimum Gasteiger partial charge on any atom is -0.368 e. The second-order valence-electron chi connectivity index (χ2n) is 7.13. The van der Waals surface area contributed by atoms with Crippen molar-refractivity contribution in [2.45, 2.75) is 25.9 Å². The summed E-state index contributed by atoms with van der Waals surface area (Å²) in [6.07, 6.45) is 5.68. The van der Waals surface area contributed by atoms with E-state index in [1.165, 1.54) is 0 Å². The number of hydrogen-bond donors (Lipinski definition) is 3. The van der Waals surface area contributed by atoms with Gasteiger partial charge in [0, 0.05) is 17.7 Å². The molecule has 28 heavy (non-hydrogen) atoms. The van der Waals surface area contributed by atoms with E-state index in [2.05, 4.69) is 27.0 Å². The Labute approximate surface area is 162 Å². The molecule has 1 atom stereocenters. The first kappa shape index (κ1) is 17.9. The summed E-state index contributed by atoms with van der Waals surface area (Å²) < 4.78 is 0. The summed E-state index contributed by atoms with van der Waals surface area (Å²) >= 11 is 0. The van der Waals surface area contributed by atoms with Crippen LogP contribution >= 0.6 is 0 Å². The van der Waals surface area contributed by atoms with Crippen molar-refractivity contribution in [3.05, 3.63) is 58.0 Å². The largest absolute Gasteiger partial charge is 0.368 e. The van der Waals surface area contributed by atoms with Crippen LogP contribution in [-0.4, -0.2) is 18.0 Å². The zero-order chi connectivity index (χ0) is 19.7. The molecule has 7 nitrogen and oxygen atoms in total. The molecule has 1 unspecified atom stereocenters. The van der Waals surface area contributed by atoms with E-state index in [1.807, 2.05) is 37.4 Å². The van der Waals surface area contributed by atoms with Crippen LogP contribution in [0.3, 0.4) is 0 Å². The van der Waals surface area contributed by atoms with E-state index in [-0.39, 0.29) is 18.0 Å². The van der Waals surface area contributed by atoms with E-state index in [1.54, 1.807) is 12.1 Å². The van der Waals surface area contributed by atoms with Crippen LogP contribution < -0.4 is 26.9 Å². The Hall–Kier alpha value is -3.48. The highest BCUT2D eigenvalue weighted by Crippen LogP contribution is 2.28. The molecule has 0 saturated heterocycles. The van der Waals surface area contributed by atoms with Crippen LogP contribution in [0, 0.1) is 12.8 Å². The third-order valence-corrected chi connectivity index (χ3v) is 5.04. The molecule has 4 N–H and O–H groups in total. The van der Waals surface area contributed by atoms with Gasteiger partial charge in [0.1, 0.15) is 6.17 Å². The number of rotatable bonds is 4. The second-order valence-corrected chi connectivity index (χ2v) is 7.13. The molecule has 0 spiro atoms. The quantitative estimate of drug-likeness (QED) is 0.422. The summed E-state index contributed by atoms with van der Waals surface area (Å²) in [6, 6.07) is 11.5. The number of nitrogens with two attached hydrogens (primary N) is 1. The molecule has 0 radical (unpaired) electrons. The SMILES string of the molecule is Cc1ccc(C(=O)N=NN)cc1-c1ccc2c(c1)=CNC(NC(=O)C1CC1)C=2. The highest BCUT2D eigenvalue weighted by atomic mass is 16.2. The molecule has 2 amide bonds. The van der Waals surface area contributed by atoms with E-state index in [0.29, 0.717) is 5.56 Å². The van der Waals surface area contributed by atoms with Gasteiger partial charge in [-0.1, -0.05) is 28.5 Å². The van der Waals surface area contributed by atoms with Crippen molar-refractivity contribution in [3.63, 3.8) is 0 Å². The predicted octanol–water partition coefficient (Wildman–Crippen LogP) is 1.10. The molecule has 2 aromatic rings. The summed E-state index contributed by atoms with van der Waals surface area (Å²) in [5.41, 5.74) is 3.41. The van der Waals surface area contributed by atoms with Crippen molar-refractivity contribution in [1.29, 1.82) is 0 Å². The molecule has 1 saturated carbocycles. The van der Waals surface area contributed by atoms with Crippen molar-refractivity contribution in [3.8, 4) is 11.1 Å². The number of benzene rings is 2. The van der Waals surface area contributed by atoms with Crippen molar-refractivity contribution < 1.29 is 9.59 Å². The van der Waals surface area contributed by atoms with Crippen LogP contribution in [0.1, 0.15) is 28.8 Å². The maximum absolute atomic E-state index is 12.0. The van der Waals surface area contributed by atoms with Gasteiger partial charge >= 0.3 is 0 Å². The lowest BCUT2D eigenvalue weighted by Gasteiger charge is -2.18. The zero-order valence-corrected chi connectivity index (χ0v) is 15.5. The highest BCUT2D eigenvalue weighted by Gasteiger charge is 2.30. The molecule has 0 aromatic heterocycles. The Balaban J connectivity index is 1.64. The first-order chi connectivity index (χ1) is 13.5. The highest BCUT2D eigenvalue weighted by molar-refractivity contribution is 5.96. The van der Waals surface area contributed by atoms with Gasteiger partial charge in [-0.15, -0.1) is 0 Å². The Kier molecular flexibility index (Phi) is 4.65. The van der Waals surface area contributed by atoms with Gasteiger partial charge in [0.25, 0.3) is 5.91 Å². The van der Waals surface area contributed by atoms with E-state index >= 15 is 0 Å². The maximum atomic E-state index is 12.0. The molecule has 4 rings (SSSR count). The van der Waals surface area contributed by atoms with Crippen LogP contribution in [0.4, 0.5) is 0 Å². The van der Waals surface area contributed by atoms with Crippen LogP contribution in [0.15, 0.2) is 46.7 Å². The van der Waals surface area contributed by atoms with Crippen molar-refractivity contribution >= 4 is 24.1 Å². The summed E-state index contributed by atoms with van der Waals surface area (Å²) in [5.74, 6) is 4.79. The molecule has 1 aliphatic carbocycles. The average Bonchev–Trinajstić information content (AvgIpc) is 3.53. The van der Waals surface area contributed by atoms with Gasteiger partial charge < -0.3 is 16.5 Å². The predicted molar refractivity (Wildman–Crippen MR) is 106 cm³/mol. The fourth-order valence-corrected chi connectivity index (χ4v) is 3.30. The van der Waals surface area contributed by atoms with E-state index in [0.717, 1.165) is 40.0 Å². The molecule has 1 aliphatic heterocycles. The van der Waals surface area contributed by atoms with Crippen LogP contribution in [0.2, 0.25) is 0 Å². The second kappa shape index (κ2) is 7.26. The maximum Gasteiger partial charge on any atom is 0.297 e. The average molecular weight is 375 g/mol. The van der Waals surface area contributed by atoms with Crippen LogP contribution in [0.5, 0.6) is 0 Å². The number of nitrogens with one attached hydrogen (secondary N) is 2. The van der Waals surface area contributed by atoms with E-state index < -0.39 is 5.91 Å². The molecular weight excluding hydrogens is 354 g/mol. The minimum absolute atomic E-state index is 0.106. The molecule has 2 aromatic carbocycles. The fraction of sp³-hybridized carbons (Fsp3) is 0.238. The first-order valence-corrected chi connectivity index (χ1v) is 9.20. The number of carbonyl (C=O) groups is 2. The number of fused-ring (bicyclic) bond motifs is 1. The van der Waals surface area contributed by atoms with Crippen molar-refractivity contribution in [1.82, 2.24) is 10.6 Å². The molecular formula is C21H21N5O2. The summed E-state index contributed by atoms with van der Waals surface area (Å²) in [4.78, 5) is 23.9. The van der Waals surface area contributed by atoms with Gasteiger partial charge in [0.2, 0.25) is 5.91 Å². The minimum atomic E-state index is -0.475. The van der Waals surface area contributed by atoms with Crippen LogP contribution in [-0.2, 0) is 4.79 Å². The standard InChI is InChI=1S/C21H21N5O2/c1-12-2-3-16(21(28)25-26-22)9-18(12)15-7-6-14-10-19(23-11-17(14)8-15)24-20(27)13-4-5-13/h2-3,6-11,13,19,23H,4-5H2,1H3,(H,24,27)(H2,22,25,28). The van der Waals surface area contributed by atoms with E-state index in [9.17, 15) is 9.59 Å². The smallest absolute Gasteiger partial charge is 0.297 e. The number of aryl methyl sites for hydroxylation is 1. The lowest BCUT2D eigenvalue weighted by Crippen LogP contribution is -2.48. The van der Waals surface area contributed by atoms with Crippen LogP contribution in [0.25, 0.3) is 23.4 Å². The van der Waals surface area contributed by atoms with Gasteiger partial charge in [0.15, 0.2) is 0 Å². The molecule has 2 aliphatic rings. The number of nitrogens with zero attached hydrogens (tertiary/aromatic N) is 2. The van der Waals surface area contributed by atoms with Gasteiger partial charge in [-0.05, 0) is 71.2 Å². The lowest BCUT2D eigenvalue weighted by atomic mass is 9.96. The van der Waals surface area contributed by atoms with Crippen molar-refractivity contribution in [2.24, 2.45) is 22.1 Å². The summed E-state index contributed by atoms with van der Waals surface area (Å²) in [5, 5.41) is 14.7. The van der Waals surface area contributed by atoms with Gasteiger partial charge in [-0.25, -0.2) is 0 Å². The fourth-order valence-electron chi connectivity index (χ4n) is 3.30. The third kappa shape index (κ3) is 3.64. The topological polar surface area (TPSA) is 109 Å². The Bertz CT molecular complexity index is 1100. The number of hydrogen-bond acceptors (Lipinski definition) is 4. The number of amides is 2. The van der Waals surface area contributed by atoms with Gasteiger partial charge in [0.05, 0.1) is 0 Å². The molecule has 142 valence electrons. The Morgan fingerprint density at radius 1 is 1.14 bits per heavy atom. The first-order valence-electron chi connectivity index (χ1n) is 9.20. The Morgan fingerprint density at radius 2 is 1.96 bits per heavy atom. The van der Waals surface area contributed by atoms with Crippen molar-refractivity contribution in [2.75, 3.05) is 0 Å².